The first kappa shape index (κ1) is 13.7. The number of benzene rings is 1. The van der Waals surface area contributed by atoms with E-state index in [1.165, 1.54) is 5.69 Å². The maximum Gasteiger partial charge on any atom is 0.0642 e. The fraction of sp³-hybridized carbons (Fsp3) is 0.571. The summed E-state index contributed by atoms with van der Waals surface area (Å²) in [4.78, 5) is 2.30. The quantitative estimate of drug-likeness (QED) is 0.912. The normalized spacial score (nSPS) is 17.8. The lowest BCUT2D eigenvalue weighted by Crippen LogP contribution is -2.36. The van der Waals surface area contributed by atoms with Crippen molar-refractivity contribution < 1.29 is 4.74 Å². The minimum absolute atomic E-state index is 0.191. The summed E-state index contributed by atoms with van der Waals surface area (Å²) in [5, 5.41) is 0.822. The average molecular weight is 269 g/mol. The van der Waals surface area contributed by atoms with Gasteiger partial charge in [0, 0.05) is 29.8 Å². The molecule has 0 aliphatic carbocycles. The SMILES string of the molecule is CCC(N)Cc1ccc(N2CCOCC2)cc1Cl. The summed E-state index contributed by atoms with van der Waals surface area (Å²) in [5.41, 5.74) is 8.29. The number of rotatable bonds is 4. The molecule has 2 N–H and O–H groups in total. The van der Waals surface area contributed by atoms with Gasteiger partial charge in [0.15, 0.2) is 0 Å². The lowest BCUT2D eigenvalue weighted by Gasteiger charge is -2.29. The smallest absolute Gasteiger partial charge is 0.0642 e. The number of hydrogen-bond acceptors (Lipinski definition) is 3. The molecule has 1 aliphatic rings. The Morgan fingerprint density at radius 1 is 1.39 bits per heavy atom. The zero-order chi connectivity index (χ0) is 13.0. The summed E-state index contributed by atoms with van der Waals surface area (Å²) in [6.45, 7) is 5.55. The summed E-state index contributed by atoms with van der Waals surface area (Å²) in [7, 11) is 0. The van der Waals surface area contributed by atoms with Crippen LogP contribution in [0, 0.1) is 0 Å². The van der Waals surface area contributed by atoms with Crippen LogP contribution in [0.25, 0.3) is 0 Å². The molecule has 1 heterocycles. The predicted octanol–water partition coefficient (Wildman–Crippen LogP) is 2.46. The van der Waals surface area contributed by atoms with Crippen LogP contribution in [-0.2, 0) is 11.2 Å². The number of nitrogens with two attached hydrogens (primary N) is 1. The van der Waals surface area contributed by atoms with Gasteiger partial charge in [0.05, 0.1) is 13.2 Å². The van der Waals surface area contributed by atoms with E-state index in [4.69, 9.17) is 22.1 Å². The number of ether oxygens (including phenoxy) is 1. The zero-order valence-electron chi connectivity index (χ0n) is 10.9. The van der Waals surface area contributed by atoms with Gasteiger partial charge in [0.1, 0.15) is 0 Å². The summed E-state index contributed by atoms with van der Waals surface area (Å²) >= 11 is 6.34. The van der Waals surface area contributed by atoms with E-state index in [2.05, 4.69) is 24.0 Å². The first-order chi connectivity index (χ1) is 8.70. The minimum Gasteiger partial charge on any atom is -0.378 e. The molecule has 4 heteroatoms. The Morgan fingerprint density at radius 2 is 2.11 bits per heavy atom. The lowest BCUT2D eigenvalue weighted by atomic mass is 10.0. The molecule has 1 aliphatic heterocycles. The number of hydrogen-bond donors (Lipinski definition) is 1. The molecule has 1 aromatic rings. The molecule has 100 valence electrons. The largest absolute Gasteiger partial charge is 0.378 e. The first-order valence-electron chi connectivity index (χ1n) is 6.57. The zero-order valence-corrected chi connectivity index (χ0v) is 11.6. The van der Waals surface area contributed by atoms with Crippen LogP contribution in [0.15, 0.2) is 18.2 Å². The second-order valence-electron chi connectivity index (χ2n) is 4.75. The van der Waals surface area contributed by atoms with Crippen molar-refractivity contribution in [3.05, 3.63) is 28.8 Å². The van der Waals surface area contributed by atoms with E-state index in [0.717, 1.165) is 49.7 Å². The number of nitrogens with zero attached hydrogens (tertiary/aromatic N) is 1. The topological polar surface area (TPSA) is 38.5 Å². The number of halogens is 1. The molecule has 0 bridgehead atoms. The summed E-state index contributed by atoms with van der Waals surface area (Å²) in [6, 6.07) is 6.47. The van der Waals surface area contributed by atoms with E-state index in [-0.39, 0.29) is 6.04 Å². The number of anilines is 1. The lowest BCUT2D eigenvalue weighted by molar-refractivity contribution is 0.122. The van der Waals surface area contributed by atoms with Gasteiger partial charge in [-0.1, -0.05) is 24.6 Å². The van der Waals surface area contributed by atoms with Crippen LogP contribution in [0.2, 0.25) is 5.02 Å². The second kappa shape index (κ2) is 6.41. The average Bonchev–Trinajstić information content (AvgIpc) is 2.42. The van der Waals surface area contributed by atoms with Crippen molar-refractivity contribution >= 4 is 17.3 Å². The van der Waals surface area contributed by atoms with Gasteiger partial charge < -0.3 is 15.4 Å². The summed E-state index contributed by atoms with van der Waals surface area (Å²) in [5.74, 6) is 0. The fourth-order valence-corrected chi connectivity index (χ4v) is 2.40. The van der Waals surface area contributed by atoms with Gasteiger partial charge in [-0.05, 0) is 30.5 Å². The molecular weight excluding hydrogens is 248 g/mol. The monoisotopic (exact) mass is 268 g/mol. The molecule has 0 saturated carbocycles. The van der Waals surface area contributed by atoms with Gasteiger partial charge in [-0.2, -0.15) is 0 Å². The predicted molar refractivity (Wildman–Crippen MR) is 76.5 cm³/mol. The highest BCUT2D eigenvalue weighted by atomic mass is 35.5. The van der Waals surface area contributed by atoms with Crippen LogP contribution in [-0.4, -0.2) is 32.3 Å². The molecule has 1 atom stereocenters. The molecular formula is C14H21ClN2O. The Balaban J connectivity index is 2.08. The third kappa shape index (κ3) is 3.37. The number of morpholine rings is 1. The van der Waals surface area contributed by atoms with E-state index >= 15 is 0 Å². The summed E-state index contributed by atoms with van der Waals surface area (Å²) < 4.78 is 5.35. The molecule has 18 heavy (non-hydrogen) atoms. The van der Waals surface area contributed by atoms with Gasteiger partial charge in [0.25, 0.3) is 0 Å². The first-order valence-corrected chi connectivity index (χ1v) is 6.95. The standard InChI is InChI=1S/C14H21ClN2O/c1-2-12(16)9-11-3-4-13(10-14(11)15)17-5-7-18-8-6-17/h3-4,10,12H,2,5-9,16H2,1H3. The molecule has 0 radical (unpaired) electrons. The van der Waals surface area contributed by atoms with Gasteiger partial charge >= 0.3 is 0 Å². The van der Waals surface area contributed by atoms with Gasteiger partial charge in [-0.25, -0.2) is 0 Å². The van der Waals surface area contributed by atoms with E-state index in [1.54, 1.807) is 0 Å². The molecule has 0 amide bonds. The van der Waals surface area contributed by atoms with Crippen LogP contribution in [0.1, 0.15) is 18.9 Å². The van der Waals surface area contributed by atoms with Crippen LogP contribution in [0.5, 0.6) is 0 Å². The molecule has 1 aromatic carbocycles. The molecule has 1 saturated heterocycles. The van der Waals surface area contributed by atoms with Crippen molar-refractivity contribution in [1.82, 2.24) is 0 Å². The molecule has 3 nitrogen and oxygen atoms in total. The second-order valence-corrected chi connectivity index (χ2v) is 5.15. The Labute approximate surface area is 114 Å². The maximum absolute atomic E-state index is 6.34. The maximum atomic E-state index is 6.34. The van der Waals surface area contributed by atoms with Crippen LogP contribution in [0.3, 0.4) is 0 Å². The van der Waals surface area contributed by atoms with E-state index in [0.29, 0.717) is 0 Å². The van der Waals surface area contributed by atoms with Gasteiger partial charge in [-0.3, -0.25) is 0 Å². The van der Waals surface area contributed by atoms with Crippen molar-refractivity contribution in [3.63, 3.8) is 0 Å². The van der Waals surface area contributed by atoms with Crippen LogP contribution >= 0.6 is 11.6 Å². The fourth-order valence-electron chi connectivity index (χ4n) is 2.15. The Bertz CT molecular complexity index is 391. The minimum atomic E-state index is 0.191. The van der Waals surface area contributed by atoms with Crippen molar-refractivity contribution in [2.24, 2.45) is 5.73 Å². The van der Waals surface area contributed by atoms with E-state index < -0.39 is 0 Å². The molecule has 0 spiro atoms. The Morgan fingerprint density at radius 3 is 2.72 bits per heavy atom. The highest BCUT2D eigenvalue weighted by molar-refractivity contribution is 6.31. The molecule has 1 unspecified atom stereocenters. The third-order valence-electron chi connectivity index (χ3n) is 3.42. The Kier molecular flexibility index (Phi) is 4.87. The Hall–Kier alpha value is -0.770. The molecule has 0 aromatic heterocycles. The van der Waals surface area contributed by atoms with Crippen molar-refractivity contribution in [1.29, 1.82) is 0 Å². The van der Waals surface area contributed by atoms with Crippen LogP contribution in [0.4, 0.5) is 5.69 Å². The van der Waals surface area contributed by atoms with Crippen molar-refractivity contribution in [2.45, 2.75) is 25.8 Å². The summed E-state index contributed by atoms with van der Waals surface area (Å²) in [6.07, 6.45) is 1.82. The van der Waals surface area contributed by atoms with Gasteiger partial charge in [-0.15, -0.1) is 0 Å². The highest BCUT2D eigenvalue weighted by Gasteiger charge is 2.13. The van der Waals surface area contributed by atoms with Crippen molar-refractivity contribution in [2.75, 3.05) is 31.2 Å². The molecule has 2 rings (SSSR count). The molecule has 1 fully saturated rings. The van der Waals surface area contributed by atoms with Crippen LogP contribution < -0.4 is 10.6 Å². The highest BCUT2D eigenvalue weighted by Crippen LogP contribution is 2.25. The van der Waals surface area contributed by atoms with E-state index in [1.807, 2.05) is 6.07 Å². The van der Waals surface area contributed by atoms with E-state index in [9.17, 15) is 0 Å². The third-order valence-corrected chi connectivity index (χ3v) is 3.77. The van der Waals surface area contributed by atoms with Crippen molar-refractivity contribution in [3.8, 4) is 0 Å². The van der Waals surface area contributed by atoms with Gasteiger partial charge in [0.2, 0.25) is 0 Å².